The second-order valence-corrected chi connectivity index (χ2v) is 5.38. The van der Waals surface area contributed by atoms with Crippen molar-refractivity contribution in [3.8, 4) is 0 Å². The van der Waals surface area contributed by atoms with Crippen molar-refractivity contribution in [1.82, 2.24) is 4.90 Å². The summed E-state index contributed by atoms with van der Waals surface area (Å²) in [5, 5.41) is 12.8. The van der Waals surface area contributed by atoms with Gasteiger partial charge in [0, 0.05) is 4.88 Å². The number of rotatable bonds is 7. The third kappa shape index (κ3) is 2.72. The fourth-order valence-corrected chi connectivity index (χ4v) is 3.64. The molecule has 1 rings (SSSR count). The Kier molecular flexibility index (Phi) is 5.63. The van der Waals surface area contributed by atoms with E-state index in [4.69, 9.17) is 0 Å². The number of hydrogen-bond acceptors (Lipinski definition) is 3. The molecule has 0 saturated carbocycles. The SMILES string of the molecule is CCN(CC)C(CC)(CC)C(O)c1cccs1. The lowest BCUT2D eigenvalue weighted by Gasteiger charge is -2.45. The Labute approximate surface area is 109 Å². The molecule has 0 aliphatic rings. The topological polar surface area (TPSA) is 23.5 Å². The van der Waals surface area contributed by atoms with E-state index < -0.39 is 0 Å². The maximum atomic E-state index is 10.7. The normalized spacial score (nSPS) is 14.2. The number of hydrogen-bond donors (Lipinski definition) is 1. The number of aliphatic hydroxyl groups excluding tert-OH is 1. The molecule has 0 fully saturated rings. The molecule has 0 amide bonds. The minimum Gasteiger partial charge on any atom is -0.386 e. The van der Waals surface area contributed by atoms with E-state index in [-0.39, 0.29) is 11.6 Å². The first-order chi connectivity index (χ1) is 8.16. The molecule has 1 N–H and O–H groups in total. The van der Waals surface area contributed by atoms with Gasteiger partial charge < -0.3 is 5.11 Å². The number of nitrogens with zero attached hydrogens (tertiary/aromatic N) is 1. The van der Waals surface area contributed by atoms with Crippen LogP contribution < -0.4 is 0 Å². The summed E-state index contributed by atoms with van der Waals surface area (Å²) in [6, 6.07) is 4.06. The van der Waals surface area contributed by atoms with Crippen LogP contribution in [0.15, 0.2) is 17.5 Å². The zero-order valence-corrected chi connectivity index (χ0v) is 12.3. The van der Waals surface area contributed by atoms with Gasteiger partial charge in [-0.2, -0.15) is 0 Å². The summed E-state index contributed by atoms with van der Waals surface area (Å²) in [6.45, 7) is 10.7. The summed E-state index contributed by atoms with van der Waals surface area (Å²) in [4.78, 5) is 3.48. The summed E-state index contributed by atoms with van der Waals surface area (Å²) in [5.41, 5.74) is -0.117. The van der Waals surface area contributed by atoms with Gasteiger partial charge in [0.2, 0.25) is 0 Å². The van der Waals surface area contributed by atoms with Crippen LogP contribution in [0.2, 0.25) is 0 Å². The van der Waals surface area contributed by atoms with E-state index in [0.29, 0.717) is 0 Å². The van der Waals surface area contributed by atoms with E-state index in [1.54, 1.807) is 11.3 Å². The van der Waals surface area contributed by atoms with Gasteiger partial charge in [-0.15, -0.1) is 11.3 Å². The Morgan fingerprint density at radius 3 is 2.18 bits per heavy atom. The lowest BCUT2D eigenvalue weighted by molar-refractivity contribution is -0.0348. The van der Waals surface area contributed by atoms with Crippen molar-refractivity contribution in [2.45, 2.75) is 52.2 Å². The highest BCUT2D eigenvalue weighted by Gasteiger charge is 2.40. The van der Waals surface area contributed by atoms with Crippen molar-refractivity contribution in [2.24, 2.45) is 0 Å². The molecule has 1 heterocycles. The van der Waals surface area contributed by atoms with Crippen LogP contribution in [0.1, 0.15) is 51.5 Å². The van der Waals surface area contributed by atoms with Crippen LogP contribution in [0, 0.1) is 0 Å². The molecule has 1 aromatic rings. The average Bonchev–Trinajstić information content (AvgIpc) is 2.89. The third-order valence-electron chi connectivity index (χ3n) is 3.94. The average molecular weight is 255 g/mol. The fourth-order valence-electron chi connectivity index (χ4n) is 2.82. The van der Waals surface area contributed by atoms with E-state index in [0.717, 1.165) is 30.8 Å². The smallest absolute Gasteiger partial charge is 0.106 e. The van der Waals surface area contributed by atoms with Crippen molar-refractivity contribution in [2.75, 3.05) is 13.1 Å². The van der Waals surface area contributed by atoms with Gasteiger partial charge >= 0.3 is 0 Å². The Bertz CT molecular complexity index is 302. The van der Waals surface area contributed by atoms with Crippen molar-refractivity contribution in [3.63, 3.8) is 0 Å². The quantitative estimate of drug-likeness (QED) is 0.803. The van der Waals surface area contributed by atoms with Crippen molar-refractivity contribution < 1.29 is 5.11 Å². The molecule has 1 unspecified atom stereocenters. The lowest BCUT2D eigenvalue weighted by Crippen LogP contribution is -2.52. The maximum Gasteiger partial charge on any atom is 0.106 e. The summed E-state index contributed by atoms with van der Waals surface area (Å²) >= 11 is 1.65. The molecule has 1 atom stereocenters. The molecule has 3 heteroatoms. The van der Waals surface area contributed by atoms with E-state index in [1.807, 2.05) is 17.5 Å². The molecule has 98 valence electrons. The summed E-state index contributed by atoms with van der Waals surface area (Å²) in [5.74, 6) is 0. The summed E-state index contributed by atoms with van der Waals surface area (Å²) in [7, 11) is 0. The summed E-state index contributed by atoms with van der Waals surface area (Å²) < 4.78 is 0. The minimum absolute atomic E-state index is 0.117. The van der Waals surface area contributed by atoms with Crippen molar-refractivity contribution >= 4 is 11.3 Å². The Hall–Kier alpha value is -0.380. The second kappa shape index (κ2) is 6.53. The van der Waals surface area contributed by atoms with Crippen LogP contribution in [-0.2, 0) is 0 Å². The molecule has 17 heavy (non-hydrogen) atoms. The number of likely N-dealkylation sites (N-methyl/N-ethyl adjacent to an activating group) is 1. The van der Waals surface area contributed by atoms with E-state index in [2.05, 4.69) is 32.6 Å². The predicted octanol–water partition coefficient (Wildman–Crippen LogP) is 3.68. The molecule has 1 aromatic heterocycles. The molecule has 0 aliphatic heterocycles. The zero-order chi connectivity index (χ0) is 12.9. The Morgan fingerprint density at radius 1 is 1.24 bits per heavy atom. The van der Waals surface area contributed by atoms with Crippen LogP contribution in [0.25, 0.3) is 0 Å². The first-order valence-corrected chi connectivity index (χ1v) is 7.50. The molecule has 0 aromatic carbocycles. The minimum atomic E-state index is -0.377. The molecule has 0 saturated heterocycles. The monoisotopic (exact) mass is 255 g/mol. The molecule has 0 radical (unpaired) electrons. The van der Waals surface area contributed by atoms with Gasteiger partial charge in [-0.25, -0.2) is 0 Å². The zero-order valence-electron chi connectivity index (χ0n) is 11.4. The van der Waals surface area contributed by atoms with Gasteiger partial charge in [0.1, 0.15) is 6.10 Å². The van der Waals surface area contributed by atoms with Gasteiger partial charge in [-0.3, -0.25) is 4.90 Å². The van der Waals surface area contributed by atoms with Gasteiger partial charge in [0.15, 0.2) is 0 Å². The highest BCUT2D eigenvalue weighted by Crippen LogP contribution is 2.38. The van der Waals surface area contributed by atoms with Gasteiger partial charge in [-0.1, -0.05) is 33.8 Å². The molecular weight excluding hydrogens is 230 g/mol. The Balaban J connectivity index is 3.05. The predicted molar refractivity (Wildman–Crippen MR) is 75.5 cm³/mol. The van der Waals surface area contributed by atoms with Gasteiger partial charge in [0.25, 0.3) is 0 Å². The first-order valence-electron chi connectivity index (χ1n) is 6.62. The lowest BCUT2D eigenvalue weighted by atomic mass is 9.83. The molecule has 2 nitrogen and oxygen atoms in total. The standard InChI is InChI=1S/C14H25NOS/c1-5-14(6-2,15(7-3)8-4)13(16)12-10-9-11-17-12/h9-11,13,16H,5-8H2,1-4H3. The largest absolute Gasteiger partial charge is 0.386 e. The van der Waals surface area contributed by atoms with Gasteiger partial charge in [0.05, 0.1) is 5.54 Å². The van der Waals surface area contributed by atoms with E-state index >= 15 is 0 Å². The van der Waals surface area contributed by atoms with Crippen molar-refractivity contribution in [3.05, 3.63) is 22.4 Å². The number of aliphatic hydroxyl groups is 1. The molecule has 0 spiro atoms. The van der Waals surface area contributed by atoms with Crippen molar-refractivity contribution in [1.29, 1.82) is 0 Å². The highest BCUT2D eigenvalue weighted by molar-refractivity contribution is 7.10. The van der Waals surface area contributed by atoms with Crippen LogP contribution in [-0.4, -0.2) is 28.6 Å². The van der Waals surface area contributed by atoms with E-state index in [1.165, 1.54) is 0 Å². The molecular formula is C14H25NOS. The van der Waals surface area contributed by atoms with Crippen LogP contribution in [0.3, 0.4) is 0 Å². The highest BCUT2D eigenvalue weighted by atomic mass is 32.1. The maximum absolute atomic E-state index is 10.7. The Morgan fingerprint density at radius 2 is 1.82 bits per heavy atom. The van der Waals surface area contributed by atoms with Gasteiger partial charge in [-0.05, 0) is 37.4 Å². The first kappa shape index (κ1) is 14.7. The summed E-state index contributed by atoms with van der Waals surface area (Å²) in [6.07, 6.45) is 1.58. The fraction of sp³-hybridized carbons (Fsp3) is 0.714. The van der Waals surface area contributed by atoms with Crippen LogP contribution in [0.5, 0.6) is 0 Å². The molecule has 0 bridgehead atoms. The number of thiophene rings is 1. The van der Waals surface area contributed by atoms with Crippen LogP contribution >= 0.6 is 11.3 Å². The second-order valence-electron chi connectivity index (χ2n) is 4.40. The van der Waals surface area contributed by atoms with Crippen LogP contribution in [0.4, 0.5) is 0 Å². The van der Waals surface area contributed by atoms with E-state index in [9.17, 15) is 5.11 Å². The third-order valence-corrected chi connectivity index (χ3v) is 4.86. The molecule has 0 aliphatic carbocycles.